The number of aromatic nitrogens is 2. The SMILES string of the molecule is Cc1nc2cc(NC(=O)COc3ccc([C@@H]4OC[C@@H](c5ccc(Cl)cc5Cl)C[C@H]4C(C)C)cc3)ccc2n1C. The molecule has 0 unspecified atom stereocenters. The van der Waals surface area contributed by atoms with E-state index in [9.17, 15) is 4.79 Å². The molecule has 1 saturated heterocycles. The Bertz CT molecular complexity index is 1480. The molecule has 1 aromatic heterocycles. The Morgan fingerprint density at radius 2 is 1.90 bits per heavy atom. The average Bonchev–Trinajstić information content (AvgIpc) is 3.20. The van der Waals surface area contributed by atoms with E-state index in [1.54, 1.807) is 6.07 Å². The van der Waals surface area contributed by atoms with Gasteiger partial charge >= 0.3 is 0 Å². The number of carbonyl (C=O) groups is 1. The van der Waals surface area contributed by atoms with Crippen molar-refractivity contribution < 1.29 is 14.3 Å². The number of anilines is 1. The van der Waals surface area contributed by atoms with Gasteiger partial charge in [-0.25, -0.2) is 4.98 Å². The highest BCUT2D eigenvalue weighted by atomic mass is 35.5. The summed E-state index contributed by atoms with van der Waals surface area (Å²) in [6, 6.07) is 19.2. The van der Waals surface area contributed by atoms with Gasteiger partial charge in [-0.2, -0.15) is 0 Å². The number of aryl methyl sites for hydroxylation is 2. The maximum Gasteiger partial charge on any atom is 0.262 e. The van der Waals surface area contributed by atoms with Gasteiger partial charge in [0.1, 0.15) is 11.6 Å². The molecule has 1 aliphatic heterocycles. The summed E-state index contributed by atoms with van der Waals surface area (Å²) in [7, 11) is 1.97. The predicted octanol–water partition coefficient (Wildman–Crippen LogP) is 7.72. The Kier molecular flexibility index (Phi) is 8.17. The number of nitrogens with one attached hydrogen (secondary N) is 1. The van der Waals surface area contributed by atoms with E-state index in [0.717, 1.165) is 34.4 Å². The summed E-state index contributed by atoms with van der Waals surface area (Å²) in [6.07, 6.45) is 0.959. The predicted molar refractivity (Wildman–Crippen MR) is 157 cm³/mol. The molecule has 0 radical (unpaired) electrons. The molecule has 8 heteroatoms. The number of ether oxygens (including phenoxy) is 2. The second kappa shape index (κ2) is 11.6. The van der Waals surface area contributed by atoms with Crippen molar-refractivity contribution in [2.45, 2.75) is 39.2 Å². The molecule has 1 aliphatic rings. The van der Waals surface area contributed by atoms with Crippen LogP contribution in [-0.2, 0) is 16.6 Å². The van der Waals surface area contributed by atoms with Gasteiger partial charge in [0, 0.05) is 28.7 Å². The fourth-order valence-corrected chi connectivity index (χ4v) is 5.94. The second-order valence-electron chi connectivity index (χ2n) is 10.6. The molecule has 1 fully saturated rings. The van der Waals surface area contributed by atoms with Crippen molar-refractivity contribution in [3.05, 3.63) is 87.7 Å². The standard InChI is InChI=1S/C31H33Cl2N3O3/c1-18(2)26-13-21(25-11-7-22(32)14-27(25)33)16-39-31(26)20-5-9-24(10-6-20)38-17-30(37)35-23-8-12-29-28(15-23)34-19(3)36(29)4/h5-12,14-15,18,21,26,31H,13,16-17H2,1-4H3,(H,35,37)/t21-,26-,31-/m0/s1. The monoisotopic (exact) mass is 565 g/mol. The van der Waals surface area contributed by atoms with Crippen LogP contribution in [0.3, 0.4) is 0 Å². The molecule has 3 aromatic carbocycles. The van der Waals surface area contributed by atoms with Gasteiger partial charge in [-0.1, -0.05) is 55.2 Å². The topological polar surface area (TPSA) is 65.4 Å². The maximum atomic E-state index is 12.5. The highest BCUT2D eigenvalue weighted by Gasteiger charge is 2.35. The van der Waals surface area contributed by atoms with Crippen molar-refractivity contribution in [3.63, 3.8) is 0 Å². The first kappa shape index (κ1) is 27.5. The van der Waals surface area contributed by atoms with Crippen molar-refractivity contribution in [3.8, 4) is 5.75 Å². The minimum Gasteiger partial charge on any atom is -0.484 e. The van der Waals surface area contributed by atoms with Crippen LogP contribution in [0.1, 0.15) is 49.2 Å². The lowest BCUT2D eigenvalue weighted by molar-refractivity contribution is -0.118. The quantitative estimate of drug-likeness (QED) is 0.249. The molecular formula is C31H33Cl2N3O3. The number of hydrogen-bond donors (Lipinski definition) is 1. The molecule has 39 heavy (non-hydrogen) atoms. The van der Waals surface area contributed by atoms with E-state index in [0.29, 0.717) is 39.9 Å². The molecule has 0 saturated carbocycles. The van der Waals surface area contributed by atoms with Gasteiger partial charge in [0.15, 0.2) is 6.61 Å². The highest BCUT2D eigenvalue weighted by molar-refractivity contribution is 6.35. The average molecular weight is 567 g/mol. The van der Waals surface area contributed by atoms with Crippen LogP contribution >= 0.6 is 23.2 Å². The van der Waals surface area contributed by atoms with Gasteiger partial charge in [-0.05, 0) is 78.8 Å². The number of benzene rings is 3. The zero-order chi connectivity index (χ0) is 27.7. The Morgan fingerprint density at radius 1 is 1.13 bits per heavy atom. The lowest BCUT2D eigenvalue weighted by Gasteiger charge is -2.39. The van der Waals surface area contributed by atoms with E-state index < -0.39 is 0 Å². The van der Waals surface area contributed by atoms with Gasteiger partial charge in [0.05, 0.1) is 23.7 Å². The van der Waals surface area contributed by atoms with E-state index in [4.69, 9.17) is 32.7 Å². The van der Waals surface area contributed by atoms with Crippen LogP contribution in [0.2, 0.25) is 10.0 Å². The number of imidazole rings is 1. The van der Waals surface area contributed by atoms with Gasteiger partial charge < -0.3 is 19.4 Å². The van der Waals surface area contributed by atoms with Crippen LogP contribution in [0.25, 0.3) is 11.0 Å². The molecule has 2 heterocycles. The first-order chi connectivity index (χ1) is 18.7. The van der Waals surface area contributed by atoms with Crippen molar-refractivity contribution in [1.29, 1.82) is 0 Å². The normalized spacial score (nSPS) is 19.4. The molecule has 0 aliphatic carbocycles. The molecule has 204 valence electrons. The number of amides is 1. The number of rotatable bonds is 7. The maximum absolute atomic E-state index is 12.5. The minimum atomic E-state index is -0.228. The number of nitrogens with zero attached hydrogens (tertiary/aromatic N) is 2. The van der Waals surface area contributed by atoms with Crippen LogP contribution in [0.4, 0.5) is 5.69 Å². The summed E-state index contributed by atoms with van der Waals surface area (Å²) in [5, 5.41) is 4.22. The molecule has 5 rings (SSSR count). The zero-order valence-corrected chi connectivity index (χ0v) is 24.1. The molecular weight excluding hydrogens is 533 g/mol. The van der Waals surface area contributed by atoms with Crippen LogP contribution in [0.15, 0.2) is 60.7 Å². The first-order valence-corrected chi connectivity index (χ1v) is 14.0. The lowest BCUT2D eigenvalue weighted by Crippen LogP contribution is -2.31. The Labute approximate surface area is 239 Å². The third-order valence-electron chi connectivity index (χ3n) is 7.65. The van der Waals surface area contributed by atoms with Crippen LogP contribution in [0, 0.1) is 18.8 Å². The highest BCUT2D eigenvalue weighted by Crippen LogP contribution is 2.45. The van der Waals surface area contributed by atoms with Crippen molar-refractivity contribution in [2.75, 3.05) is 18.5 Å². The first-order valence-electron chi connectivity index (χ1n) is 13.2. The molecule has 6 nitrogen and oxygen atoms in total. The van der Waals surface area contributed by atoms with E-state index in [2.05, 4.69) is 24.1 Å². The Balaban J connectivity index is 1.19. The summed E-state index contributed by atoms with van der Waals surface area (Å²) in [4.78, 5) is 17.0. The molecule has 1 amide bonds. The van der Waals surface area contributed by atoms with E-state index in [-0.39, 0.29) is 24.5 Å². The van der Waals surface area contributed by atoms with Crippen molar-refractivity contribution in [1.82, 2.24) is 9.55 Å². The minimum absolute atomic E-state index is 0.0187. The number of fused-ring (bicyclic) bond motifs is 1. The van der Waals surface area contributed by atoms with Gasteiger partial charge in [-0.3, -0.25) is 4.79 Å². The molecule has 0 spiro atoms. The fraction of sp³-hybridized carbons (Fsp3) is 0.355. The van der Waals surface area contributed by atoms with Crippen LogP contribution < -0.4 is 10.1 Å². The summed E-state index contributed by atoms with van der Waals surface area (Å²) < 4.78 is 14.2. The molecule has 0 bridgehead atoms. The fourth-order valence-electron chi connectivity index (χ4n) is 5.38. The number of halogens is 2. The largest absolute Gasteiger partial charge is 0.484 e. The summed E-state index contributed by atoms with van der Waals surface area (Å²) in [5.41, 5.74) is 4.74. The molecule has 1 N–H and O–H groups in total. The van der Waals surface area contributed by atoms with Gasteiger partial charge in [0.25, 0.3) is 5.91 Å². The summed E-state index contributed by atoms with van der Waals surface area (Å²) in [6.45, 7) is 6.93. The number of carbonyl (C=O) groups excluding carboxylic acids is 1. The zero-order valence-electron chi connectivity index (χ0n) is 22.6. The van der Waals surface area contributed by atoms with E-state index >= 15 is 0 Å². The van der Waals surface area contributed by atoms with Crippen molar-refractivity contribution >= 4 is 45.8 Å². The third-order valence-corrected chi connectivity index (χ3v) is 8.21. The molecule has 4 aromatic rings. The summed E-state index contributed by atoms with van der Waals surface area (Å²) >= 11 is 12.6. The Hall–Kier alpha value is -3.06. The van der Waals surface area contributed by atoms with Crippen LogP contribution in [-0.4, -0.2) is 28.7 Å². The van der Waals surface area contributed by atoms with Crippen molar-refractivity contribution in [2.24, 2.45) is 18.9 Å². The lowest BCUT2D eigenvalue weighted by atomic mass is 9.76. The summed E-state index contributed by atoms with van der Waals surface area (Å²) in [5.74, 6) is 2.30. The van der Waals surface area contributed by atoms with E-state index in [1.165, 1.54) is 0 Å². The Morgan fingerprint density at radius 3 is 2.62 bits per heavy atom. The smallest absolute Gasteiger partial charge is 0.262 e. The number of hydrogen-bond acceptors (Lipinski definition) is 4. The second-order valence-corrected chi connectivity index (χ2v) is 11.4. The van der Waals surface area contributed by atoms with E-state index in [1.807, 2.05) is 73.1 Å². The van der Waals surface area contributed by atoms with Crippen LogP contribution in [0.5, 0.6) is 5.75 Å². The van der Waals surface area contributed by atoms with Gasteiger partial charge in [-0.15, -0.1) is 0 Å². The third kappa shape index (κ3) is 6.08. The molecule has 3 atom stereocenters. The van der Waals surface area contributed by atoms with Gasteiger partial charge in [0.2, 0.25) is 0 Å².